The molecular formula is C7H13F2NO3S. The van der Waals surface area contributed by atoms with Crippen LogP contribution in [0, 0.1) is 5.92 Å². The van der Waals surface area contributed by atoms with Gasteiger partial charge in [-0.1, -0.05) is 0 Å². The zero-order valence-corrected chi connectivity index (χ0v) is 8.40. The molecule has 0 atom stereocenters. The van der Waals surface area contributed by atoms with E-state index in [4.69, 9.17) is 0 Å². The third-order valence-corrected chi connectivity index (χ3v) is 2.77. The minimum Gasteiger partial charge on any atom is -0.258 e. The number of alkyl halides is 2. The molecule has 1 fully saturated rings. The molecule has 0 unspecified atom stereocenters. The topological polar surface area (TPSA) is 69.4 Å². The Morgan fingerprint density at radius 1 is 1.36 bits per heavy atom. The highest BCUT2D eigenvalue weighted by Crippen LogP contribution is 2.36. The number of halogens is 2. The van der Waals surface area contributed by atoms with Crippen molar-refractivity contribution in [2.45, 2.75) is 31.6 Å². The summed E-state index contributed by atoms with van der Waals surface area (Å²) in [4.78, 5) is 0. The van der Waals surface area contributed by atoms with E-state index in [0.29, 0.717) is 0 Å². The average Bonchev–Trinajstić information content (AvgIpc) is 2.01. The SMILES string of the molecule is NS(=O)(=O)OCC1CCC(F)(F)CC1. The van der Waals surface area contributed by atoms with Crippen LogP contribution in [0.15, 0.2) is 0 Å². The molecule has 0 radical (unpaired) electrons. The zero-order chi connectivity index (χ0) is 10.8. The monoisotopic (exact) mass is 229 g/mol. The molecule has 0 aliphatic heterocycles. The van der Waals surface area contributed by atoms with Crippen LogP contribution in [0.2, 0.25) is 0 Å². The smallest absolute Gasteiger partial charge is 0.258 e. The molecule has 0 aromatic rings. The van der Waals surface area contributed by atoms with Gasteiger partial charge in [0.05, 0.1) is 6.61 Å². The van der Waals surface area contributed by atoms with Crippen LogP contribution in [0.3, 0.4) is 0 Å². The number of hydrogen-bond acceptors (Lipinski definition) is 3. The molecule has 4 nitrogen and oxygen atoms in total. The van der Waals surface area contributed by atoms with E-state index in [0.717, 1.165) is 0 Å². The summed E-state index contributed by atoms with van der Waals surface area (Å²) in [5, 5.41) is 4.61. The maximum Gasteiger partial charge on any atom is 0.333 e. The third kappa shape index (κ3) is 4.30. The highest BCUT2D eigenvalue weighted by molar-refractivity contribution is 7.84. The van der Waals surface area contributed by atoms with E-state index in [9.17, 15) is 17.2 Å². The first kappa shape index (κ1) is 11.8. The van der Waals surface area contributed by atoms with Crippen molar-refractivity contribution in [2.75, 3.05) is 6.61 Å². The summed E-state index contributed by atoms with van der Waals surface area (Å²) in [6, 6.07) is 0. The normalized spacial score (nSPS) is 23.6. The quantitative estimate of drug-likeness (QED) is 0.785. The lowest BCUT2D eigenvalue weighted by Gasteiger charge is -2.27. The third-order valence-electron chi connectivity index (χ3n) is 2.30. The van der Waals surface area contributed by atoms with Crippen LogP contribution >= 0.6 is 0 Å². The molecule has 0 spiro atoms. The van der Waals surface area contributed by atoms with Crippen molar-refractivity contribution in [1.82, 2.24) is 0 Å². The molecular weight excluding hydrogens is 216 g/mol. The molecule has 0 bridgehead atoms. The lowest BCUT2D eigenvalue weighted by atomic mass is 9.87. The Hall–Kier alpha value is -0.270. The first-order valence-electron chi connectivity index (χ1n) is 4.33. The Kier molecular flexibility index (Phi) is 3.44. The van der Waals surface area contributed by atoms with Crippen LogP contribution < -0.4 is 5.14 Å². The minimum atomic E-state index is -3.94. The molecule has 0 aromatic heterocycles. The summed E-state index contributed by atoms with van der Waals surface area (Å²) in [7, 11) is -3.94. The first-order valence-corrected chi connectivity index (χ1v) is 5.81. The Morgan fingerprint density at radius 2 is 1.86 bits per heavy atom. The predicted octanol–water partition coefficient (Wildman–Crippen LogP) is 1.03. The molecule has 1 aliphatic rings. The van der Waals surface area contributed by atoms with E-state index in [2.05, 4.69) is 9.32 Å². The van der Waals surface area contributed by atoms with Crippen LogP contribution in [-0.4, -0.2) is 20.9 Å². The van der Waals surface area contributed by atoms with Crippen molar-refractivity contribution in [3.05, 3.63) is 0 Å². The van der Waals surface area contributed by atoms with Gasteiger partial charge in [-0.3, -0.25) is 4.18 Å². The molecule has 1 aliphatic carbocycles. The van der Waals surface area contributed by atoms with Gasteiger partial charge in [0.15, 0.2) is 0 Å². The molecule has 1 rings (SSSR count). The van der Waals surface area contributed by atoms with Gasteiger partial charge >= 0.3 is 10.3 Å². The Bertz CT molecular complexity index is 281. The van der Waals surface area contributed by atoms with Gasteiger partial charge in [0.2, 0.25) is 5.92 Å². The van der Waals surface area contributed by atoms with Crippen molar-refractivity contribution in [1.29, 1.82) is 0 Å². The second kappa shape index (κ2) is 4.08. The fourth-order valence-corrected chi connectivity index (χ4v) is 1.84. The van der Waals surface area contributed by atoms with Crippen LogP contribution in [0.4, 0.5) is 8.78 Å². The average molecular weight is 229 g/mol. The fourth-order valence-electron chi connectivity index (χ4n) is 1.46. The van der Waals surface area contributed by atoms with Crippen molar-refractivity contribution in [3.8, 4) is 0 Å². The van der Waals surface area contributed by atoms with Gasteiger partial charge in [-0.2, -0.15) is 8.42 Å². The summed E-state index contributed by atoms with van der Waals surface area (Å²) < 4.78 is 50.5. The molecule has 0 saturated heterocycles. The summed E-state index contributed by atoms with van der Waals surface area (Å²) >= 11 is 0. The number of hydrogen-bond donors (Lipinski definition) is 1. The van der Waals surface area contributed by atoms with E-state index >= 15 is 0 Å². The summed E-state index contributed by atoms with van der Waals surface area (Å²) in [6.07, 6.45) is 0.155. The highest BCUT2D eigenvalue weighted by atomic mass is 32.2. The Morgan fingerprint density at radius 3 is 2.29 bits per heavy atom. The maximum absolute atomic E-state index is 12.7. The van der Waals surface area contributed by atoms with Gasteiger partial charge < -0.3 is 0 Å². The standard InChI is InChI=1S/C7H13F2NO3S/c8-7(9)3-1-6(2-4-7)5-13-14(10,11)12/h6H,1-5H2,(H2,10,11,12). The van der Waals surface area contributed by atoms with Gasteiger partial charge in [0.1, 0.15) is 0 Å². The van der Waals surface area contributed by atoms with Gasteiger partial charge in [-0.25, -0.2) is 13.9 Å². The van der Waals surface area contributed by atoms with Crippen LogP contribution in [0.25, 0.3) is 0 Å². The maximum atomic E-state index is 12.7. The molecule has 14 heavy (non-hydrogen) atoms. The van der Waals surface area contributed by atoms with Crippen LogP contribution in [0.5, 0.6) is 0 Å². The lowest BCUT2D eigenvalue weighted by Crippen LogP contribution is -2.28. The largest absolute Gasteiger partial charge is 0.333 e. The predicted molar refractivity (Wildman–Crippen MR) is 46.0 cm³/mol. The van der Waals surface area contributed by atoms with E-state index in [1.807, 2.05) is 0 Å². The summed E-state index contributed by atoms with van der Waals surface area (Å²) in [5.41, 5.74) is 0. The Labute approximate surface area is 81.7 Å². The van der Waals surface area contributed by atoms with Crippen LogP contribution in [0.1, 0.15) is 25.7 Å². The lowest BCUT2D eigenvalue weighted by molar-refractivity contribution is -0.0495. The van der Waals surface area contributed by atoms with Crippen molar-refractivity contribution in [3.63, 3.8) is 0 Å². The molecule has 1 saturated carbocycles. The van der Waals surface area contributed by atoms with Gasteiger partial charge in [-0.15, -0.1) is 0 Å². The number of rotatable bonds is 3. The van der Waals surface area contributed by atoms with E-state index in [1.54, 1.807) is 0 Å². The molecule has 84 valence electrons. The highest BCUT2D eigenvalue weighted by Gasteiger charge is 2.35. The Balaban J connectivity index is 2.30. The van der Waals surface area contributed by atoms with Gasteiger partial charge in [-0.05, 0) is 18.8 Å². The fraction of sp³-hybridized carbons (Fsp3) is 1.00. The zero-order valence-electron chi connectivity index (χ0n) is 7.58. The minimum absolute atomic E-state index is 0.0884. The summed E-state index contributed by atoms with van der Waals surface area (Å²) in [6.45, 7) is -0.0884. The van der Waals surface area contributed by atoms with E-state index in [-0.39, 0.29) is 38.2 Å². The van der Waals surface area contributed by atoms with E-state index < -0.39 is 16.2 Å². The van der Waals surface area contributed by atoms with Crippen molar-refractivity contribution < 1.29 is 21.4 Å². The molecule has 2 N–H and O–H groups in total. The second-order valence-electron chi connectivity index (χ2n) is 3.58. The van der Waals surface area contributed by atoms with Crippen molar-refractivity contribution in [2.24, 2.45) is 11.1 Å². The molecule has 0 heterocycles. The first-order chi connectivity index (χ1) is 6.29. The molecule has 0 amide bonds. The van der Waals surface area contributed by atoms with Gasteiger partial charge in [0, 0.05) is 12.8 Å². The van der Waals surface area contributed by atoms with Crippen LogP contribution in [-0.2, 0) is 14.5 Å². The van der Waals surface area contributed by atoms with Crippen molar-refractivity contribution >= 4 is 10.3 Å². The van der Waals surface area contributed by atoms with Gasteiger partial charge in [0.25, 0.3) is 0 Å². The molecule has 7 heteroatoms. The summed E-state index contributed by atoms with van der Waals surface area (Å²) in [5.74, 6) is -2.73. The second-order valence-corrected chi connectivity index (χ2v) is 4.80. The van der Waals surface area contributed by atoms with E-state index in [1.165, 1.54) is 0 Å². The molecule has 0 aromatic carbocycles. The number of nitrogens with two attached hydrogens (primary N) is 1.